The highest BCUT2D eigenvalue weighted by molar-refractivity contribution is 5.95. The summed E-state index contributed by atoms with van der Waals surface area (Å²) in [6, 6.07) is 4.50. The van der Waals surface area contributed by atoms with Gasteiger partial charge in [-0.05, 0) is 24.6 Å². The fourth-order valence-electron chi connectivity index (χ4n) is 1.29. The number of nitrogens with two attached hydrogens (primary N) is 1. The first kappa shape index (κ1) is 12.0. The summed E-state index contributed by atoms with van der Waals surface area (Å²) >= 11 is 0. The van der Waals surface area contributed by atoms with E-state index in [0.717, 1.165) is 0 Å². The van der Waals surface area contributed by atoms with Crippen molar-refractivity contribution in [2.24, 2.45) is 0 Å². The highest BCUT2D eigenvalue weighted by Crippen LogP contribution is 2.16. The second-order valence-corrected chi connectivity index (χ2v) is 3.21. The minimum absolute atomic E-state index is 0.118. The van der Waals surface area contributed by atoms with Crippen molar-refractivity contribution in [2.75, 3.05) is 12.3 Å². The zero-order valence-corrected chi connectivity index (χ0v) is 8.90. The molecule has 0 radical (unpaired) electrons. The largest absolute Gasteiger partial charge is 0.481 e. The summed E-state index contributed by atoms with van der Waals surface area (Å²) in [4.78, 5) is 21.8. The molecule has 0 aliphatic heterocycles. The minimum atomic E-state index is -0.941. The zero-order chi connectivity index (χ0) is 12.1. The lowest BCUT2D eigenvalue weighted by Crippen LogP contribution is -2.09. The van der Waals surface area contributed by atoms with Gasteiger partial charge in [0.15, 0.2) is 0 Å². The lowest BCUT2D eigenvalue weighted by atomic mass is 10.1. The van der Waals surface area contributed by atoms with E-state index in [1.54, 1.807) is 13.0 Å². The highest BCUT2D eigenvalue weighted by atomic mass is 16.5. The lowest BCUT2D eigenvalue weighted by Gasteiger charge is -2.06. The van der Waals surface area contributed by atoms with E-state index in [1.165, 1.54) is 12.1 Å². The Balaban J connectivity index is 2.91. The van der Waals surface area contributed by atoms with Gasteiger partial charge in [-0.2, -0.15) is 0 Å². The van der Waals surface area contributed by atoms with Gasteiger partial charge < -0.3 is 15.6 Å². The van der Waals surface area contributed by atoms with E-state index in [1.807, 2.05) is 0 Å². The molecule has 0 saturated heterocycles. The maximum atomic E-state index is 11.4. The Morgan fingerprint density at radius 2 is 2.12 bits per heavy atom. The Kier molecular flexibility index (Phi) is 3.88. The molecule has 0 aromatic heterocycles. The van der Waals surface area contributed by atoms with Gasteiger partial charge in [0.2, 0.25) is 0 Å². The van der Waals surface area contributed by atoms with Crippen LogP contribution in [-0.4, -0.2) is 23.7 Å². The average molecular weight is 223 g/mol. The third-order valence-corrected chi connectivity index (χ3v) is 1.97. The highest BCUT2D eigenvalue weighted by Gasteiger charge is 2.11. The van der Waals surface area contributed by atoms with E-state index < -0.39 is 11.9 Å². The predicted molar refractivity (Wildman–Crippen MR) is 58.2 cm³/mol. The number of nitrogen functional groups attached to an aromatic ring is 1. The molecule has 1 aromatic carbocycles. The summed E-state index contributed by atoms with van der Waals surface area (Å²) in [7, 11) is 0. The van der Waals surface area contributed by atoms with Crippen molar-refractivity contribution in [1.82, 2.24) is 0 Å². The molecule has 0 spiro atoms. The van der Waals surface area contributed by atoms with Crippen LogP contribution in [0.15, 0.2) is 18.2 Å². The number of aliphatic carboxylic acids is 1. The number of carbonyl (C=O) groups excluding carboxylic acids is 1. The van der Waals surface area contributed by atoms with Gasteiger partial charge in [-0.1, -0.05) is 6.07 Å². The molecule has 0 bridgehead atoms. The van der Waals surface area contributed by atoms with E-state index in [4.69, 9.17) is 15.6 Å². The molecule has 0 amide bonds. The van der Waals surface area contributed by atoms with E-state index >= 15 is 0 Å². The topological polar surface area (TPSA) is 89.6 Å². The SMILES string of the molecule is CCOC(=O)c1ccc(CC(=O)O)cc1N. The number of carbonyl (C=O) groups is 2. The van der Waals surface area contributed by atoms with Crippen LogP contribution in [0, 0.1) is 0 Å². The van der Waals surface area contributed by atoms with Crippen LogP contribution in [0.5, 0.6) is 0 Å². The second kappa shape index (κ2) is 5.16. The summed E-state index contributed by atoms with van der Waals surface area (Å²) < 4.78 is 4.79. The van der Waals surface area contributed by atoms with Gasteiger partial charge in [-0.25, -0.2) is 4.79 Å². The van der Waals surface area contributed by atoms with E-state index in [2.05, 4.69) is 0 Å². The second-order valence-electron chi connectivity index (χ2n) is 3.21. The maximum absolute atomic E-state index is 11.4. The first-order valence-electron chi connectivity index (χ1n) is 4.82. The number of benzene rings is 1. The summed E-state index contributed by atoms with van der Waals surface area (Å²) in [6.07, 6.45) is -0.118. The predicted octanol–water partition coefficient (Wildman–Crippen LogP) is 1.07. The van der Waals surface area contributed by atoms with Crippen molar-refractivity contribution in [3.8, 4) is 0 Å². The van der Waals surface area contributed by atoms with Gasteiger partial charge >= 0.3 is 11.9 Å². The summed E-state index contributed by atoms with van der Waals surface area (Å²) in [6.45, 7) is 1.97. The average Bonchev–Trinajstić information content (AvgIpc) is 2.16. The standard InChI is InChI=1S/C11H13NO4/c1-2-16-11(15)8-4-3-7(5-9(8)12)6-10(13)14/h3-5H,2,6,12H2,1H3,(H,13,14). The molecule has 0 unspecified atom stereocenters. The fraction of sp³-hybridized carbons (Fsp3) is 0.273. The molecule has 0 heterocycles. The molecule has 0 fully saturated rings. The zero-order valence-electron chi connectivity index (χ0n) is 8.90. The number of hydrogen-bond acceptors (Lipinski definition) is 4. The van der Waals surface area contributed by atoms with Crippen LogP contribution in [-0.2, 0) is 16.0 Å². The van der Waals surface area contributed by atoms with Crippen molar-refractivity contribution < 1.29 is 19.4 Å². The van der Waals surface area contributed by atoms with Crippen molar-refractivity contribution >= 4 is 17.6 Å². The lowest BCUT2D eigenvalue weighted by molar-refractivity contribution is -0.136. The quantitative estimate of drug-likeness (QED) is 0.588. The Hall–Kier alpha value is -2.04. The van der Waals surface area contributed by atoms with E-state index in [0.29, 0.717) is 5.56 Å². The molecule has 1 rings (SSSR count). The van der Waals surface area contributed by atoms with Gasteiger partial charge in [0, 0.05) is 5.69 Å². The number of carboxylic acids is 1. The molecular weight excluding hydrogens is 210 g/mol. The van der Waals surface area contributed by atoms with Gasteiger partial charge in [-0.3, -0.25) is 4.79 Å². The van der Waals surface area contributed by atoms with Crippen LogP contribution in [0.25, 0.3) is 0 Å². The molecule has 3 N–H and O–H groups in total. The Morgan fingerprint density at radius 3 is 2.62 bits per heavy atom. The number of anilines is 1. The van der Waals surface area contributed by atoms with Crippen molar-refractivity contribution in [3.05, 3.63) is 29.3 Å². The molecule has 5 heteroatoms. The van der Waals surface area contributed by atoms with Gasteiger partial charge in [0.05, 0.1) is 18.6 Å². The monoisotopic (exact) mass is 223 g/mol. The molecule has 1 aromatic rings. The number of carboxylic acid groups (broad SMARTS) is 1. The third kappa shape index (κ3) is 2.98. The van der Waals surface area contributed by atoms with Crippen LogP contribution < -0.4 is 5.73 Å². The molecule has 0 aliphatic carbocycles. The smallest absolute Gasteiger partial charge is 0.340 e. The van der Waals surface area contributed by atoms with Crippen LogP contribution >= 0.6 is 0 Å². The van der Waals surface area contributed by atoms with Crippen LogP contribution in [0.3, 0.4) is 0 Å². The summed E-state index contributed by atoms with van der Waals surface area (Å²) in [5.41, 5.74) is 6.68. The van der Waals surface area contributed by atoms with Crippen molar-refractivity contribution in [1.29, 1.82) is 0 Å². The molecule has 0 aliphatic rings. The van der Waals surface area contributed by atoms with Crippen molar-refractivity contribution in [3.63, 3.8) is 0 Å². The molecule has 16 heavy (non-hydrogen) atoms. The normalized spacial score (nSPS) is 9.81. The third-order valence-electron chi connectivity index (χ3n) is 1.97. The summed E-state index contributed by atoms with van der Waals surface area (Å²) in [5, 5.41) is 8.59. The molecule has 0 saturated carbocycles. The Morgan fingerprint density at radius 1 is 1.44 bits per heavy atom. The van der Waals surface area contributed by atoms with E-state index in [-0.39, 0.29) is 24.3 Å². The first-order chi connectivity index (χ1) is 7.54. The van der Waals surface area contributed by atoms with Crippen LogP contribution in [0.4, 0.5) is 5.69 Å². The number of ether oxygens (including phenoxy) is 1. The molecule has 86 valence electrons. The molecule has 5 nitrogen and oxygen atoms in total. The van der Waals surface area contributed by atoms with Gasteiger partial charge in [0.25, 0.3) is 0 Å². The number of rotatable bonds is 4. The Labute approximate surface area is 92.8 Å². The van der Waals surface area contributed by atoms with Gasteiger partial charge in [-0.15, -0.1) is 0 Å². The Bertz CT molecular complexity index is 414. The minimum Gasteiger partial charge on any atom is -0.481 e. The first-order valence-corrected chi connectivity index (χ1v) is 4.82. The number of hydrogen-bond donors (Lipinski definition) is 2. The fourth-order valence-corrected chi connectivity index (χ4v) is 1.29. The molecular formula is C11H13NO4. The summed E-state index contributed by atoms with van der Waals surface area (Å²) in [5.74, 6) is -1.44. The van der Waals surface area contributed by atoms with Crippen LogP contribution in [0.1, 0.15) is 22.8 Å². The van der Waals surface area contributed by atoms with Crippen molar-refractivity contribution in [2.45, 2.75) is 13.3 Å². The van der Waals surface area contributed by atoms with Crippen LogP contribution in [0.2, 0.25) is 0 Å². The molecule has 0 atom stereocenters. The number of esters is 1. The maximum Gasteiger partial charge on any atom is 0.340 e. The van der Waals surface area contributed by atoms with Gasteiger partial charge in [0.1, 0.15) is 0 Å². The van der Waals surface area contributed by atoms with E-state index in [9.17, 15) is 9.59 Å².